The highest BCUT2D eigenvalue weighted by Gasteiger charge is 2.47. The second-order valence-electron chi connectivity index (χ2n) is 17.8. The topological polar surface area (TPSA) is 3.24 Å². The average Bonchev–Trinajstić information content (AvgIpc) is 3.04. The van der Waals surface area contributed by atoms with Crippen molar-refractivity contribution >= 4 is 40.2 Å². The Morgan fingerprint density at radius 1 is 0.583 bits per heavy atom. The van der Waals surface area contributed by atoms with Crippen LogP contribution in [-0.4, -0.2) is 6.71 Å². The van der Waals surface area contributed by atoms with Crippen LogP contribution >= 0.6 is 0 Å². The third-order valence-electron chi connectivity index (χ3n) is 12.2. The lowest BCUT2D eigenvalue weighted by Gasteiger charge is -2.47. The van der Waals surface area contributed by atoms with Gasteiger partial charge in [-0.15, -0.1) is 0 Å². The molecule has 8 rings (SSSR count). The minimum atomic E-state index is -0.111. The molecule has 2 heterocycles. The SMILES string of the molecule is Cc1ccc2c(c1)B1c3cc(C(C)(C)C)ccc3N(c3cc4c(cc3-c3ccccc3)C(C)(C)CCC4(C)C)c3cccc(c31)C2(C)C. The van der Waals surface area contributed by atoms with Gasteiger partial charge in [0.15, 0.2) is 0 Å². The summed E-state index contributed by atoms with van der Waals surface area (Å²) in [6.45, 7) is 24.1. The van der Waals surface area contributed by atoms with Gasteiger partial charge in [0.2, 0.25) is 6.71 Å². The van der Waals surface area contributed by atoms with E-state index in [4.69, 9.17) is 0 Å². The van der Waals surface area contributed by atoms with Crippen molar-refractivity contribution in [3.05, 3.63) is 130 Å². The summed E-state index contributed by atoms with van der Waals surface area (Å²) in [7, 11) is 0. The molecule has 0 saturated carbocycles. The lowest BCUT2D eigenvalue weighted by atomic mass is 9.30. The van der Waals surface area contributed by atoms with Gasteiger partial charge in [-0.2, -0.15) is 0 Å². The van der Waals surface area contributed by atoms with Gasteiger partial charge in [-0.05, 0) is 105 Å². The highest BCUT2D eigenvalue weighted by Crippen LogP contribution is 2.52. The van der Waals surface area contributed by atoms with Crippen molar-refractivity contribution in [2.45, 2.75) is 104 Å². The normalized spacial score (nSPS) is 18.0. The van der Waals surface area contributed by atoms with Crippen LogP contribution in [-0.2, 0) is 21.7 Å². The zero-order valence-electron chi connectivity index (χ0n) is 30.7. The highest BCUT2D eigenvalue weighted by atomic mass is 15.2. The fraction of sp³-hybridized carbons (Fsp3) is 0.348. The number of anilines is 3. The molecule has 2 aliphatic heterocycles. The molecule has 0 bridgehead atoms. The standard InChI is InChI=1S/C46H50BN/c1-29-19-21-33-37(25-29)47-38-26-31(43(2,3)4)20-22-39(38)48(40-18-14-17-34(42(40)47)46(33,9)10)41-28-36-35(44(5,6)23-24-45(36,7)8)27-32(41)30-15-12-11-13-16-30/h11-22,25-28H,23-24H2,1-10H3. The summed E-state index contributed by atoms with van der Waals surface area (Å²) in [6.07, 6.45) is 2.39. The molecule has 0 fully saturated rings. The fourth-order valence-corrected chi connectivity index (χ4v) is 9.19. The van der Waals surface area contributed by atoms with E-state index in [9.17, 15) is 0 Å². The Bertz CT molecular complexity index is 2110. The molecule has 0 atom stereocenters. The van der Waals surface area contributed by atoms with Crippen LogP contribution in [0.15, 0.2) is 97.1 Å². The summed E-state index contributed by atoms with van der Waals surface area (Å²) >= 11 is 0. The predicted molar refractivity (Wildman–Crippen MR) is 209 cm³/mol. The summed E-state index contributed by atoms with van der Waals surface area (Å²) < 4.78 is 0. The Balaban J connectivity index is 1.51. The number of hydrogen-bond acceptors (Lipinski definition) is 1. The van der Waals surface area contributed by atoms with Crippen molar-refractivity contribution in [3.63, 3.8) is 0 Å². The molecule has 0 N–H and O–H groups in total. The molecular formula is C46H50BN. The Kier molecular flexibility index (Phi) is 6.66. The van der Waals surface area contributed by atoms with E-state index in [1.807, 2.05) is 0 Å². The van der Waals surface area contributed by atoms with Crippen LogP contribution in [0.1, 0.15) is 109 Å². The Morgan fingerprint density at radius 3 is 1.96 bits per heavy atom. The monoisotopic (exact) mass is 627 g/mol. The second-order valence-corrected chi connectivity index (χ2v) is 17.8. The van der Waals surface area contributed by atoms with Gasteiger partial charge < -0.3 is 4.90 Å². The zero-order chi connectivity index (χ0) is 34.0. The van der Waals surface area contributed by atoms with E-state index in [2.05, 4.69) is 171 Å². The molecule has 3 aliphatic rings. The van der Waals surface area contributed by atoms with Crippen molar-refractivity contribution < 1.29 is 0 Å². The summed E-state index contributed by atoms with van der Waals surface area (Å²) in [5.74, 6) is 0. The van der Waals surface area contributed by atoms with Gasteiger partial charge in [-0.25, -0.2) is 0 Å². The molecule has 5 aromatic carbocycles. The molecule has 0 radical (unpaired) electrons. The maximum atomic E-state index is 2.65. The van der Waals surface area contributed by atoms with Crippen LogP contribution in [0.2, 0.25) is 0 Å². The number of rotatable bonds is 2. The molecule has 48 heavy (non-hydrogen) atoms. The number of hydrogen-bond donors (Lipinski definition) is 0. The van der Waals surface area contributed by atoms with E-state index in [0.29, 0.717) is 0 Å². The van der Waals surface area contributed by atoms with Gasteiger partial charge in [0.25, 0.3) is 0 Å². The largest absolute Gasteiger partial charge is 0.311 e. The molecule has 0 spiro atoms. The maximum absolute atomic E-state index is 2.65. The highest BCUT2D eigenvalue weighted by molar-refractivity contribution is 6.99. The Morgan fingerprint density at radius 2 is 1.27 bits per heavy atom. The van der Waals surface area contributed by atoms with Crippen LogP contribution in [0.4, 0.5) is 17.1 Å². The number of benzene rings is 5. The molecule has 1 aliphatic carbocycles. The zero-order valence-corrected chi connectivity index (χ0v) is 30.7. The van der Waals surface area contributed by atoms with Crippen molar-refractivity contribution in [2.24, 2.45) is 0 Å². The van der Waals surface area contributed by atoms with Gasteiger partial charge >= 0.3 is 0 Å². The van der Waals surface area contributed by atoms with Crippen molar-refractivity contribution in [2.75, 3.05) is 4.90 Å². The molecule has 242 valence electrons. The molecule has 5 aromatic rings. The molecule has 0 unspecified atom stereocenters. The number of aryl methyl sites for hydroxylation is 1. The van der Waals surface area contributed by atoms with E-state index in [-0.39, 0.29) is 28.4 Å². The first-order chi connectivity index (χ1) is 22.6. The predicted octanol–water partition coefficient (Wildman–Crippen LogP) is 10.2. The second kappa shape index (κ2) is 10.2. The van der Waals surface area contributed by atoms with Crippen LogP contribution in [0.25, 0.3) is 11.1 Å². The Labute approximate surface area is 289 Å². The van der Waals surface area contributed by atoms with E-state index < -0.39 is 0 Å². The summed E-state index contributed by atoms with van der Waals surface area (Å²) in [5.41, 5.74) is 19.6. The van der Waals surface area contributed by atoms with E-state index in [0.717, 1.165) is 0 Å². The lowest BCUT2D eigenvalue weighted by Crippen LogP contribution is -2.64. The number of fused-ring (bicyclic) bond motifs is 5. The van der Waals surface area contributed by atoms with Crippen molar-refractivity contribution in [3.8, 4) is 11.1 Å². The smallest absolute Gasteiger partial charge is 0.247 e. The molecule has 0 aromatic heterocycles. The minimum Gasteiger partial charge on any atom is -0.311 e. The van der Waals surface area contributed by atoms with E-state index in [1.165, 1.54) is 90.8 Å². The first-order valence-corrected chi connectivity index (χ1v) is 18.0. The van der Waals surface area contributed by atoms with E-state index >= 15 is 0 Å². The average molecular weight is 628 g/mol. The summed E-state index contributed by atoms with van der Waals surface area (Å²) in [4.78, 5) is 2.65. The van der Waals surface area contributed by atoms with Crippen molar-refractivity contribution in [1.82, 2.24) is 0 Å². The molecule has 2 heteroatoms. The van der Waals surface area contributed by atoms with Gasteiger partial charge in [-0.1, -0.05) is 146 Å². The first-order valence-electron chi connectivity index (χ1n) is 18.0. The van der Waals surface area contributed by atoms with Crippen LogP contribution < -0.4 is 21.3 Å². The minimum absolute atomic E-state index is 0.0413. The van der Waals surface area contributed by atoms with Crippen LogP contribution in [0.5, 0.6) is 0 Å². The van der Waals surface area contributed by atoms with Crippen LogP contribution in [0.3, 0.4) is 0 Å². The van der Waals surface area contributed by atoms with Crippen molar-refractivity contribution in [1.29, 1.82) is 0 Å². The maximum Gasteiger partial charge on any atom is 0.247 e. The van der Waals surface area contributed by atoms with Gasteiger partial charge in [0.05, 0.1) is 5.69 Å². The molecule has 0 amide bonds. The fourth-order valence-electron chi connectivity index (χ4n) is 9.19. The van der Waals surface area contributed by atoms with Gasteiger partial charge in [0, 0.05) is 22.4 Å². The summed E-state index contributed by atoms with van der Waals surface area (Å²) in [5, 5.41) is 0. The van der Waals surface area contributed by atoms with Crippen LogP contribution in [0, 0.1) is 6.92 Å². The third kappa shape index (κ3) is 4.51. The molecule has 1 nitrogen and oxygen atoms in total. The Hall–Kier alpha value is -4.04. The van der Waals surface area contributed by atoms with Gasteiger partial charge in [-0.3, -0.25) is 0 Å². The summed E-state index contributed by atoms with van der Waals surface area (Å²) in [6, 6.07) is 37.9. The molecule has 0 saturated heterocycles. The third-order valence-corrected chi connectivity index (χ3v) is 12.2. The lowest BCUT2D eigenvalue weighted by molar-refractivity contribution is 0.332. The van der Waals surface area contributed by atoms with E-state index in [1.54, 1.807) is 0 Å². The number of nitrogens with zero attached hydrogens (tertiary/aromatic N) is 1. The first kappa shape index (κ1) is 31.2. The molecular weight excluding hydrogens is 577 g/mol. The quantitative estimate of drug-likeness (QED) is 0.173. The van der Waals surface area contributed by atoms with Gasteiger partial charge in [0.1, 0.15) is 0 Å².